The average Bonchev–Trinajstić information content (AvgIpc) is 2.86. The van der Waals surface area contributed by atoms with Crippen molar-refractivity contribution in [1.82, 2.24) is 4.98 Å². The minimum absolute atomic E-state index is 0.261. The summed E-state index contributed by atoms with van der Waals surface area (Å²) in [5, 5.41) is 3.95. The Kier molecular flexibility index (Phi) is 3.09. The number of hydrogen-bond acceptors (Lipinski definition) is 4. The second-order valence-electron chi connectivity index (χ2n) is 7.96. The van der Waals surface area contributed by atoms with Crippen LogP contribution in [-0.2, 0) is 14.3 Å². The SMILES string of the molecule is Cc1ccc2cccc(NC(=O)[C@]34CC[C@](C)(C(=O)O3)C4(C)C)c2n1. The van der Waals surface area contributed by atoms with Crippen molar-refractivity contribution in [2.45, 2.75) is 46.1 Å². The number of esters is 1. The van der Waals surface area contributed by atoms with Crippen molar-refractivity contribution in [3.63, 3.8) is 0 Å². The molecule has 2 aromatic rings. The van der Waals surface area contributed by atoms with Crippen LogP contribution in [0.25, 0.3) is 10.9 Å². The molecule has 0 radical (unpaired) electrons. The Bertz CT molecular complexity index is 920. The number of benzene rings is 1. The van der Waals surface area contributed by atoms with E-state index in [1.54, 1.807) is 0 Å². The predicted octanol–water partition coefficient (Wildman–Crippen LogP) is 3.60. The Balaban J connectivity index is 1.75. The third-order valence-corrected chi connectivity index (χ3v) is 6.56. The lowest BCUT2D eigenvalue weighted by Crippen LogP contribution is -2.50. The number of aryl methyl sites for hydroxylation is 1. The van der Waals surface area contributed by atoms with Crippen molar-refractivity contribution in [3.8, 4) is 0 Å². The fourth-order valence-electron chi connectivity index (χ4n) is 4.32. The maximum absolute atomic E-state index is 13.2. The van der Waals surface area contributed by atoms with Crippen molar-refractivity contribution in [3.05, 3.63) is 36.0 Å². The summed E-state index contributed by atoms with van der Waals surface area (Å²) in [7, 11) is 0. The summed E-state index contributed by atoms with van der Waals surface area (Å²) in [5.41, 5.74) is -0.0193. The molecule has 2 aliphatic rings. The van der Waals surface area contributed by atoms with E-state index in [9.17, 15) is 9.59 Å². The highest BCUT2D eigenvalue weighted by Gasteiger charge is 2.75. The van der Waals surface area contributed by atoms with Crippen LogP contribution in [0, 0.1) is 17.8 Å². The first-order valence-corrected chi connectivity index (χ1v) is 8.63. The van der Waals surface area contributed by atoms with Crippen LogP contribution in [-0.4, -0.2) is 22.5 Å². The zero-order valence-electron chi connectivity index (χ0n) is 15.0. The number of pyridine rings is 1. The summed E-state index contributed by atoms with van der Waals surface area (Å²) >= 11 is 0. The number of fused-ring (bicyclic) bond motifs is 3. The van der Waals surface area contributed by atoms with Gasteiger partial charge in [-0.25, -0.2) is 0 Å². The molecular weight excluding hydrogens is 316 g/mol. The van der Waals surface area contributed by atoms with E-state index in [1.807, 2.05) is 58.0 Å². The van der Waals surface area contributed by atoms with Gasteiger partial charge in [0, 0.05) is 16.5 Å². The smallest absolute Gasteiger partial charge is 0.313 e. The number of ether oxygens (including phenoxy) is 1. The van der Waals surface area contributed by atoms with Crippen molar-refractivity contribution >= 4 is 28.5 Å². The molecule has 1 aromatic carbocycles. The highest BCUT2D eigenvalue weighted by molar-refractivity contribution is 6.07. The van der Waals surface area contributed by atoms with E-state index in [0.717, 1.165) is 16.6 Å². The molecule has 5 nitrogen and oxygen atoms in total. The molecule has 1 aliphatic carbocycles. The summed E-state index contributed by atoms with van der Waals surface area (Å²) in [6.07, 6.45) is 1.21. The number of carbonyl (C=O) groups excluding carboxylic acids is 2. The Morgan fingerprint density at radius 2 is 1.92 bits per heavy atom. The monoisotopic (exact) mass is 338 g/mol. The number of nitrogens with zero attached hydrogens (tertiary/aromatic N) is 1. The summed E-state index contributed by atoms with van der Waals surface area (Å²) in [6.45, 7) is 7.73. The Morgan fingerprint density at radius 3 is 2.56 bits per heavy atom. The van der Waals surface area contributed by atoms with Gasteiger partial charge >= 0.3 is 5.97 Å². The van der Waals surface area contributed by atoms with Gasteiger partial charge in [0.25, 0.3) is 5.91 Å². The molecule has 25 heavy (non-hydrogen) atoms. The molecular formula is C20H22N2O3. The van der Waals surface area contributed by atoms with Crippen molar-refractivity contribution in [2.75, 3.05) is 5.32 Å². The van der Waals surface area contributed by atoms with Crippen LogP contribution >= 0.6 is 0 Å². The van der Waals surface area contributed by atoms with E-state index in [4.69, 9.17) is 4.74 Å². The molecule has 2 heterocycles. The fraction of sp³-hybridized carbons (Fsp3) is 0.450. The molecule has 1 saturated carbocycles. The van der Waals surface area contributed by atoms with E-state index < -0.39 is 16.4 Å². The van der Waals surface area contributed by atoms with Crippen LogP contribution in [0.4, 0.5) is 5.69 Å². The van der Waals surface area contributed by atoms with Gasteiger partial charge in [-0.05, 0) is 38.8 Å². The zero-order chi connectivity index (χ0) is 18.0. The van der Waals surface area contributed by atoms with Crippen molar-refractivity contribution in [2.24, 2.45) is 10.8 Å². The molecule has 0 unspecified atom stereocenters. The number of rotatable bonds is 2. The molecule has 2 atom stereocenters. The molecule has 130 valence electrons. The standard InChI is InChI=1S/C20H22N2O3/c1-12-8-9-13-6-5-7-14(15(13)21-12)22-16(23)20-11-10-19(4,17(24)25-20)18(20,2)3/h5-9H,10-11H2,1-4H3,(H,22,23)/t19-,20+/m1/s1. The zero-order valence-corrected chi connectivity index (χ0v) is 15.0. The Hall–Kier alpha value is -2.43. The summed E-state index contributed by atoms with van der Waals surface area (Å²) in [6, 6.07) is 9.61. The Labute approximate surface area is 146 Å². The number of hydrogen-bond donors (Lipinski definition) is 1. The van der Waals surface area contributed by atoms with Gasteiger partial charge in [-0.1, -0.05) is 32.0 Å². The first kappa shape index (κ1) is 16.1. The predicted molar refractivity (Wildman–Crippen MR) is 95.1 cm³/mol. The molecule has 4 rings (SSSR count). The van der Waals surface area contributed by atoms with Gasteiger partial charge in [0.2, 0.25) is 0 Å². The van der Waals surface area contributed by atoms with Crippen LogP contribution in [0.2, 0.25) is 0 Å². The lowest BCUT2D eigenvalue weighted by atomic mass is 9.66. The van der Waals surface area contributed by atoms with Gasteiger partial charge < -0.3 is 10.1 Å². The molecule has 5 heteroatoms. The number of aromatic nitrogens is 1. The van der Waals surface area contributed by atoms with Crippen LogP contribution in [0.3, 0.4) is 0 Å². The van der Waals surface area contributed by atoms with Gasteiger partial charge in [-0.3, -0.25) is 14.6 Å². The third-order valence-electron chi connectivity index (χ3n) is 6.56. The summed E-state index contributed by atoms with van der Waals surface area (Å²) in [4.78, 5) is 30.1. The van der Waals surface area contributed by atoms with E-state index in [-0.39, 0.29) is 11.9 Å². The van der Waals surface area contributed by atoms with Gasteiger partial charge in [-0.15, -0.1) is 0 Å². The number of para-hydroxylation sites is 1. The number of amides is 1. The second kappa shape index (κ2) is 4.81. The summed E-state index contributed by atoms with van der Waals surface area (Å²) in [5.74, 6) is -0.534. The van der Waals surface area contributed by atoms with Gasteiger partial charge in [0.15, 0.2) is 5.60 Å². The fourth-order valence-corrected chi connectivity index (χ4v) is 4.32. The van der Waals surface area contributed by atoms with Crippen LogP contribution in [0.1, 0.15) is 39.3 Å². The molecule has 1 N–H and O–H groups in total. The largest absolute Gasteiger partial charge is 0.448 e. The van der Waals surface area contributed by atoms with Gasteiger partial charge in [-0.2, -0.15) is 0 Å². The molecule has 1 aliphatic heterocycles. The molecule has 1 amide bonds. The molecule has 2 fully saturated rings. The Morgan fingerprint density at radius 1 is 1.16 bits per heavy atom. The molecule has 1 aromatic heterocycles. The highest BCUT2D eigenvalue weighted by atomic mass is 16.6. The second-order valence-corrected chi connectivity index (χ2v) is 7.96. The highest BCUT2D eigenvalue weighted by Crippen LogP contribution is 2.65. The van der Waals surface area contributed by atoms with E-state index in [1.165, 1.54) is 0 Å². The number of carbonyl (C=O) groups is 2. The summed E-state index contributed by atoms with van der Waals surface area (Å²) < 4.78 is 5.66. The maximum atomic E-state index is 13.2. The quantitative estimate of drug-likeness (QED) is 0.850. The minimum Gasteiger partial charge on any atom is -0.448 e. The third kappa shape index (κ3) is 1.86. The van der Waals surface area contributed by atoms with Gasteiger partial charge in [0.1, 0.15) is 0 Å². The van der Waals surface area contributed by atoms with Crippen LogP contribution in [0.5, 0.6) is 0 Å². The maximum Gasteiger partial charge on any atom is 0.313 e. The van der Waals surface area contributed by atoms with Crippen LogP contribution in [0.15, 0.2) is 30.3 Å². The average molecular weight is 338 g/mol. The van der Waals surface area contributed by atoms with E-state index >= 15 is 0 Å². The first-order valence-electron chi connectivity index (χ1n) is 8.63. The van der Waals surface area contributed by atoms with E-state index in [0.29, 0.717) is 18.5 Å². The molecule has 0 spiro atoms. The molecule has 2 bridgehead atoms. The first-order chi connectivity index (χ1) is 11.7. The minimum atomic E-state index is -1.12. The van der Waals surface area contributed by atoms with Crippen molar-refractivity contribution < 1.29 is 14.3 Å². The van der Waals surface area contributed by atoms with E-state index in [2.05, 4.69) is 10.3 Å². The van der Waals surface area contributed by atoms with Crippen molar-refractivity contribution in [1.29, 1.82) is 0 Å². The lowest BCUT2D eigenvalue weighted by Gasteiger charge is -2.35. The lowest BCUT2D eigenvalue weighted by molar-refractivity contribution is -0.165. The number of nitrogens with one attached hydrogen (secondary N) is 1. The van der Waals surface area contributed by atoms with Gasteiger partial charge in [0.05, 0.1) is 16.6 Å². The molecule has 1 saturated heterocycles. The normalized spacial score (nSPS) is 29.7. The topological polar surface area (TPSA) is 68.3 Å². The number of anilines is 1. The van der Waals surface area contributed by atoms with Crippen LogP contribution < -0.4 is 5.32 Å².